The summed E-state index contributed by atoms with van der Waals surface area (Å²) in [6.45, 7) is 3.97. The molecule has 3 aromatic rings. The van der Waals surface area contributed by atoms with Gasteiger partial charge in [0.05, 0.1) is 18.2 Å². The highest BCUT2D eigenvalue weighted by Gasteiger charge is 2.43. The van der Waals surface area contributed by atoms with Crippen LogP contribution in [0.1, 0.15) is 92.9 Å². The Bertz CT molecular complexity index is 1660. The highest BCUT2D eigenvalue weighted by molar-refractivity contribution is 6.00. The first-order chi connectivity index (χ1) is 25.1. The second-order valence-electron chi connectivity index (χ2n) is 14.0. The number of rotatable bonds is 4. The first kappa shape index (κ1) is 38.3. The maximum absolute atomic E-state index is 14.3. The zero-order valence-corrected chi connectivity index (χ0v) is 30.0. The van der Waals surface area contributed by atoms with Gasteiger partial charge in [-0.2, -0.15) is 4.98 Å². The van der Waals surface area contributed by atoms with Gasteiger partial charge in [0.25, 0.3) is 5.91 Å². The number of aliphatic hydroxyl groups is 1. The van der Waals surface area contributed by atoms with Crippen molar-refractivity contribution in [2.24, 2.45) is 5.92 Å². The van der Waals surface area contributed by atoms with E-state index in [0.717, 1.165) is 38.5 Å². The van der Waals surface area contributed by atoms with E-state index in [2.05, 4.69) is 20.8 Å². The van der Waals surface area contributed by atoms with Crippen LogP contribution in [0.25, 0.3) is 0 Å². The number of para-hydroxylation sites is 1. The third-order valence-corrected chi connectivity index (χ3v) is 9.25. The molecule has 2 aromatic carbocycles. The van der Waals surface area contributed by atoms with Crippen LogP contribution in [0.5, 0.6) is 11.5 Å². The van der Waals surface area contributed by atoms with E-state index in [9.17, 15) is 29.4 Å². The van der Waals surface area contributed by atoms with E-state index in [0.29, 0.717) is 30.2 Å². The minimum atomic E-state index is -1.06. The zero-order valence-electron chi connectivity index (χ0n) is 30.0. The van der Waals surface area contributed by atoms with Gasteiger partial charge in [-0.25, -0.2) is 0 Å². The number of nitrogens with zero attached hydrogens (tertiary/aromatic N) is 4. The Labute approximate surface area is 303 Å². The predicted octanol–water partition coefficient (Wildman–Crippen LogP) is 3.50. The SMILES string of the molecule is CC(C)C[C@H]1NC(=O)c2ccccc2OCc2noc(n2)CCCCCCCCNC(=O)CN(Cc2ccc(O)cc2)C(=O)[C@H]2C[C@H](O)CN2C1=O. The van der Waals surface area contributed by atoms with Gasteiger partial charge in [0.2, 0.25) is 29.4 Å². The van der Waals surface area contributed by atoms with E-state index in [1.54, 1.807) is 36.4 Å². The van der Waals surface area contributed by atoms with Crippen molar-refractivity contribution in [1.82, 2.24) is 30.6 Å². The average molecular weight is 719 g/mol. The number of nitrogens with one attached hydrogen (secondary N) is 2. The number of phenolic OH excluding ortho intramolecular Hbond substituents is 1. The maximum Gasteiger partial charge on any atom is 0.255 e. The molecule has 2 bridgehead atoms. The van der Waals surface area contributed by atoms with Crippen LogP contribution in [-0.4, -0.2) is 91.6 Å². The van der Waals surface area contributed by atoms with Crippen molar-refractivity contribution in [3.63, 3.8) is 0 Å². The number of aryl methyl sites for hydroxylation is 1. The number of hydrogen-bond acceptors (Lipinski definition) is 10. The van der Waals surface area contributed by atoms with Gasteiger partial charge in [-0.1, -0.05) is 69.0 Å². The molecule has 1 fully saturated rings. The summed E-state index contributed by atoms with van der Waals surface area (Å²) in [5, 5.41) is 30.4. The third-order valence-electron chi connectivity index (χ3n) is 9.25. The number of ether oxygens (including phenoxy) is 1. The maximum atomic E-state index is 14.3. The Morgan fingerprint density at radius 3 is 2.44 bits per heavy atom. The molecule has 0 unspecified atom stereocenters. The Balaban J connectivity index is 1.41. The molecule has 0 aliphatic carbocycles. The summed E-state index contributed by atoms with van der Waals surface area (Å²) in [6, 6.07) is 10.9. The molecule has 4 N–H and O–H groups in total. The summed E-state index contributed by atoms with van der Waals surface area (Å²) >= 11 is 0. The van der Waals surface area contributed by atoms with Crippen molar-refractivity contribution in [2.45, 2.75) is 103 Å². The molecular weight excluding hydrogens is 668 g/mol. The quantitative estimate of drug-likeness (QED) is 0.311. The minimum Gasteiger partial charge on any atom is -0.508 e. The van der Waals surface area contributed by atoms with Crippen LogP contribution in [0, 0.1) is 5.92 Å². The summed E-state index contributed by atoms with van der Waals surface area (Å²) in [6.07, 6.45) is 5.54. The number of aromatic nitrogens is 2. The Morgan fingerprint density at radius 2 is 1.67 bits per heavy atom. The fourth-order valence-corrected chi connectivity index (χ4v) is 6.60. The minimum absolute atomic E-state index is 0.00936. The number of benzene rings is 2. The van der Waals surface area contributed by atoms with Crippen LogP contribution in [0.15, 0.2) is 53.1 Å². The molecular formula is C38H50N6O8. The summed E-state index contributed by atoms with van der Waals surface area (Å²) < 4.78 is 11.4. The van der Waals surface area contributed by atoms with Crippen LogP contribution < -0.4 is 15.4 Å². The first-order valence-corrected chi connectivity index (χ1v) is 18.2. The molecule has 5 rings (SSSR count). The van der Waals surface area contributed by atoms with Crippen molar-refractivity contribution >= 4 is 23.6 Å². The van der Waals surface area contributed by atoms with E-state index in [1.807, 2.05) is 13.8 Å². The van der Waals surface area contributed by atoms with Gasteiger partial charge in [0.15, 0.2) is 6.61 Å². The molecule has 3 atom stereocenters. The Morgan fingerprint density at radius 1 is 0.942 bits per heavy atom. The summed E-state index contributed by atoms with van der Waals surface area (Å²) in [7, 11) is 0. The summed E-state index contributed by atoms with van der Waals surface area (Å²) in [5.41, 5.74) is 0.883. The molecule has 14 nitrogen and oxygen atoms in total. The molecule has 0 spiro atoms. The molecule has 14 heteroatoms. The number of carbonyl (C=O) groups excluding carboxylic acids is 4. The lowest BCUT2D eigenvalue weighted by Crippen LogP contribution is -2.55. The lowest BCUT2D eigenvalue weighted by molar-refractivity contribution is -0.146. The molecule has 52 heavy (non-hydrogen) atoms. The van der Waals surface area contributed by atoms with E-state index in [1.165, 1.54) is 21.9 Å². The predicted molar refractivity (Wildman–Crippen MR) is 190 cm³/mol. The largest absolute Gasteiger partial charge is 0.508 e. The highest BCUT2D eigenvalue weighted by Crippen LogP contribution is 2.25. The van der Waals surface area contributed by atoms with Gasteiger partial charge in [0, 0.05) is 32.5 Å². The van der Waals surface area contributed by atoms with Gasteiger partial charge in [-0.05, 0) is 55.0 Å². The van der Waals surface area contributed by atoms with Crippen LogP contribution in [-0.2, 0) is 34.0 Å². The Kier molecular flexibility index (Phi) is 13.6. The first-order valence-electron chi connectivity index (χ1n) is 18.2. The van der Waals surface area contributed by atoms with Crippen molar-refractivity contribution in [3.8, 4) is 11.5 Å². The number of carbonyl (C=O) groups is 4. The van der Waals surface area contributed by atoms with E-state index < -0.39 is 35.9 Å². The number of aliphatic hydroxyl groups excluding tert-OH is 1. The number of phenols is 1. The highest BCUT2D eigenvalue weighted by atomic mass is 16.5. The van der Waals surface area contributed by atoms with Gasteiger partial charge < -0.3 is 39.9 Å². The lowest BCUT2D eigenvalue weighted by Gasteiger charge is -2.32. The van der Waals surface area contributed by atoms with E-state index in [4.69, 9.17) is 9.26 Å². The molecule has 0 radical (unpaired) electrons. The summed E-state index contributed by atoms with van der Waals surface area (Å²) in [4.78, 5) is 62.6. The molecule has 0 saturated carbocycles. The van der Waals surface area contributed by atoms with Crippen molar-refractivity contribution in [2.75, 3.05) is 19.6 Å². The second kappa shape index (κ2) is 18.5. The average Bonchev–Trinajstić information content (AvgIpc) is 3.75. The molecule has 3 heterocycles. The number of aromatic hydroxyl groups is 1. The number of hydrogen-bond donors (Lipinski definition) is 4. The smallest absolute Gasteiger partial charge is 0.255 e. The summed E-state index contributed by atoms with van der Waals surface area (Å²) in [5.74, 6) is -0.682. The van der Waals surface area contributed by atoms with Crippen molar-refractivity contribution in [3.05, 3.63) is 71.4 Å². The molecule has 1 saturated heterocycles. The topological polar surface area (TPSA) is 187 Å². The zero-order chi connectivity index (χ0) is 37.0. The number of fused-ring (bicyclic) bond motifs is 4. The van der Waals surface area contributed by atoms with E-state index in [-0.39, 0.29) is 68.0 Å². The van der Waals surface area contributed by atoms with Gasteiger partial charge in [0.1, 0.15) is 23.6 Å². The molecule has 4 amide bonds. The fraction of sp³-hybridized carbons (Fsp3) is 0.526. The van der Waals surface area contributed by atoms with Gasteiger partial charge in [-0.3, -0.25) is 19.2 Å². The number of amides is 4. The Hall–Kier alpha value is -4.98. The van der Waals surface area contributed by atoms with Crippen molar-refractivity contribution in [1.29, 1.82) is 0 Å². The fourth-order valence-electron chi connectivity index (χ4n) is 6.60. The van der Waals surface area contributed by atoms with Crippen LogP contribution >= 0.6 is 0 Å². The van der Waals surface area contributed by atoms with Gasteiger partial charge >= 0.3 is 0 Å². The van der Waals surface area contributed by atoms with Crippen LogP contribution in [0.4, 0.5) is 0 Å². The van der Waals surface area contributed by atoms with Crippen LogP contribution in [0.3, 0.4) is 0 Å². The standard InChI is InChI=1S/C38H50N6O8/c1-25(2)19-30-37(49)44-22-28(46)20-31(44)38(50)43(21-26-14-16-27(45)17-15-26)23-34(47)39-18-10-6-4-3-5-7-13-35-41-33(42-52-35)24-51-32-12-9-8-11-29(32)36(48)40-30/h8-9,11-12,14-17,25,28,30-31,45-46H,3-7,10,13,18-24H2,1-2H3,(H,39,47)(H,40,48)/t28-,30+,31+/m0/s1. The second-order valence-corrected chi connectivity index (χ2v) is 14.0. The molecule has 1 aromatic heterocycles. The van der Waals surface area contributed by atoms with Crippen LogP contribution in [0.2, 0.25) is 0 Å². The monoisotopic (exact) mass is 718 g/mol. The van der Waals surface area contributed by atoms with Crippen molar-refractivity contribution < 1.29 is 38.7 Å². The normalized spacial score (nSPS) is 22.0. The lowest BCUT2D eigenvalue weighted by atomic mass is 10.0. The molecule has 2 aliphatic rings. The molecule has 2 aliphatic heterocycles. The van der Waals surface area contributed by atoms with Gasteiger partial charge in [-0.15, -0.1) is 0 Å². The third kappa shape index (κ3) is 10.8. The van der Waals surface area contributed by atoms with E-state index >= 15 is 0 Å². The molecule has 280 valence electrons.